The van der Waals surface area contributed by atoms with Gasteiger partial charge in [0.2, 0.25) is 13.3 Å². The van der Waals surface area contributed by atoms with Crippen LogP contribution in [0.5, 0.6) is 0 Å². The minimum absolute atomic E-state index is 0.00508. The zero-order valence-electron chi connectivity index (χ0n) is 25.5. The average Bonchev–Trinajstić information content (AvgIpc) is 3.65. The number of fused-ring (bicyclic) bond motifs is 1. The lowest BCUT2D eigenvalue weighted by molar-refractivity contribution is -0.148. The number of rotatable bonds is 11. The molecule has 0 radical (unpaired) electrons. The van der Waals surface area contributed by atoms with E-state index in [0.717, 1.165) is 29.6 Å². The highest BCUT2D eigenvalue weighted by Crippen LogP contribution is 2.43. The first-order valence-corrected chi connectivity index (χ1v) is 16.2. The van der Waals surface area contributed by atoms with Crippen molar-refractivity contribution in [2.24, 2.45) is 14.1 Å². The molecule has 1 aromatic carbocycles. The lowest BCUT2D eigenvalue weighted by Crippen LogP contribution is -2.51. The Morgan fingerprint density at radius 2 is 1.98 bits per heavy atom. The molecule has 3 aromatic rings. The van der Waals surface area contributed by atoms with E-state index in [-0.39, 0.29) is 30.7 Å². The summed E-state index contributed by atoms with van der Waals surface area (Å²) < 4.78 is 63.7. The third-order valence-electron chi connectivity index (χ3n) is 7.76. The third kappa shape index (κ3) is 6.75. The molecule has 1 fully saturated rings. The van der Waals surface area contributed by atoms with Gasteiger partial charge in [0, 0.05) is 51.9 Å². The van der Waals surface area contributed by atoms with E-state index >= 15 is 4.39 Å². The topological polar surface area (TPSA) is 151 Å². The second-order valence-corrected chi connectivity index (χ2v) is 13.7. The van der Waals surface area contributed by atoms with Gasteiger partial charge < -0.3 is 18.8 Å². The van der Waals surface area contributed by atoms with Gasteiger partial charge in [0.1, 0.15) is 30.1 Å². The Kier molecular flexibility index (Phi) is 9.58. The van der Waals surface area contributed by atoms with Crippen LogP contribution >= 0.6 is 7.44 Å². The van der Waals surface area contributed by atoms with Gasteiger partial charge in [-0.1, -0.05) is 0 Å². The van der Waals surface area contributed by atoms with Crippen LogP contribution in [0.4, 0.5) is 8.78 Å². The second-order valence-electron chi connectivity index (χ2n) is 11.5. The van der Waals surface area contributed by atoms with Crippen LogP contribution in [0.25, 0.3) is 11.6 Å². The lowest BCUT2D eigenvalue weighted by Gasteiger charge is -2.42. The number of nitrogens with zero attached hydrogens (tertiary/aromatic N) is 7. The molecule has 17 heteroatoms. The van der Waals surface area contributed by atoms with Crippen molar-refractivity contribution >= 4 is 13.4 Å². The van der Waals surface area contributed by atoms with Crippen molar-refractivity contribution in [1.29, 1.82) is 0 Å². The molecule has 0 aliphatic carbocycles. The smallest absolute Gasteiger partial charge is 0.323 e. The molecule has 240 valence electrons. The van der Waals surface area contributed by atoms with E-state index < -0.39 is 43.2 Å². The Balaban J connectivity index is 1.39. The molecule has 44 heavy (non-hydrogen) atoms. The first-order chi connectivity index (χ1) is 20.9. The summed E-state index contributed by atoms with van der Waals surface area (Å²) in [6, 6.07) is 1.29. The van der Waals surface area contributed by atoms with Gasteiger partial charge in [0.05, 0.1) is 24.1 Å². The summed E-state index contributed by atoms with van der Waals surface area (Å²) in [6.45, 7) is 6.25. The van der Waals surface area contributed by atoms with Crippen molar-refractivity contribution in [3.8, 4) is 11.6 Å². The summed E-state index contributed by atoms with van der Waals surface area (Å²) in [6.07, 6.45) is -1.23. The van der Waals surface area contributed by atoms with Crippen LogP contribution < -0.4 is 10.2 Å². The molecule has 0 spiro atoms. The molecule has 4 heterocycles. The molecule has 2 aliphatic heterocycles. The van der Waals surface area contributed by atoms with Crippen molar-refractivity contribution in [3.63, 3.8) is 0 Å². The van der Waals surface area contributed by atoms with Gasteiger partial charge in [-0.15, -0.1) is 5.10 Å². The van der Waals surface area contributed by atoms with Crippen molar-refractivity contribution in [2.75, 3.05) is 20.1 Å². The molecular formula is C27H38F2N9O5P. The number of aromatic nitrogens is 6. The van der Waals surface area contributed by atoms with Gasteiger partial charge in [-0.25, -0.2) is 28.6 Å². The number of methoxy groups -OCH3 is 1. The highest BCUT2D eigenvalue weighted by atomic mass is 31.2. The van der Waals surface area contributed by atoms with Crippen molar-refractivity contribution < 1.29 is 32.4 Å². The van der Waals surface area contributed by atoms with E-state index in [1.807, 2.05) is 11.6 Å². The van der Waals surface area contributed by atoms with Crippen LogP contribution in [0.3, 0.4) is 0 Å². The molecule has 0 amide bonds. The predicted octanol–water partition coefficient (Wildman–Crippen LogP) is 2.42. The largest absolute Gasteiger partial charge is 0.462 e. The number of halogens is 2. The Hall–Kier alpha value is -3.14. The number of carbonyl (C=O) groups is 1. The van der Waals surface area contributed by atoms with Crippen molar-refractivity contribution in [1.82, 2.24) is 44.8 Å². The fourth-order valence-electron chi connectivity index (χ4n) is 5.72. The summed E-state index contributed by atoms with van der Waals surface area (Å²) in [5.41, 5.74) is 1.87. The maximum absolute atomic E-state index is 15.0. The molecule has 5 rings (SSSR count). The third-order valence-corrected chi connectivity index (χ3v) is 9.93. The SMILES string of the molecule is COCP(=O)(NC(C)C(=O)OC(C)C)N[C@H]1C[C@@H](N2Cc3nc(-c4nnnn4C)n(C)c3C2)CO[C@@H]1c1cc(F)ccc1F. The number of aryl methyl sites for hydroxylation is 1. The Labute approximate surface area is 253 Å². The molecule has 1 saturated heterocycles. The fourth-order valence-corrected chi connectivity index (χ4v) is 7.82. The number of esters is 1. The zero-order chi connectivity index (χ0) is 31.8. The number of nitrogens with one attached hydrogen (secondary N) is 2. The molecule has 0 saturated carbocycles. The Bertz CT molecular complexity index is 1550. The van der Waals surface area contributed by atoms with Crippen LogP contribution in [-0.2, 0) is 50.8 Å². The summed E-state index contributed by atoms with van der Waals surface area (Å²) >= 11 is 0. The number of hydrogen-bond acceptors (Lipinski definition) is 10. The molecule has 2 N–H and O–H groups in total. The first kappa shape index (κ1) is 32.3. The van der Waals surface area contributed by atoms with E-state index in [1.54, 1.807) is 32.5 Å². The normalized spacial score (nSPS) is 22.6. The van der Waals surface area contributed by atoms with Gasteiger partial charge >= 0.3 is 5.97 Å². The molecular weight excluding hydrogens is 599 g/mol. The van der Waals surface area contributed by atoms with E-state index in [1.165, 1.54) is 7.11 Å². The monoisotopic (exact) mass is 637 g/mol. The number of tetrazole rings is 1. The second kappa shape index (κ2) is 13.1. The maximum Gasteiger partial charge on any atom is 0.323 e. The lowest BCUT2D eigenvalue weighted by atomic mass is 9.93. The van der Waals surface area contributed by atoms with Crippen LogP contribution in [-0.4, -0.2) is 84.9 Å². The van der Waals surface area contributed by atoms with E-state index in [4.69, 9.17) is 19.2 Å². The Morgan fingerprint density at radius 1 is 1.20 bits per heavy atom. The number of imidazole rings is 1. The van der Waals surface area contributed by atoms with Crippen LogP contribution in [0.15, 0.2) is 18.2 Å². The summed E-state index contributed by atoms with van der Waals surface area (Å²) in [7, 11) is 1.38. The minimum atomic E-state index is -3.65. The quantitative estimate of drug-likeness (QED) is 0.235. The summed E-state index contributed by atoms with van der Waals surface area (Å²) in [5, 5.41) is 17.6. The average molecular weight is 638 g/mol. The minimum Gasteiger partial charge on any atom is -0.462 e. The van der Waals surface area contributed by atoms with E-state index in [0.29, 0.717) is 31.2 Å². The van der Waals surface area contributed by atoms with E-state index in [9.17, 15) is 13.8 Å². The molecule has 2 aliphatic rings. The van der Waals surface area contributed by atoms with Crippen LogP contribution in [0, 0.1) is 11.6 Å². The van der Waals surface area contributed by atoms with Gasteiger partial charge in [-0.2, -0.15) is 0 Å². The summed E-state index contributed by atoms with van der Waals surface area (Å²) in [4.78, 5) is 19.5. The number of carbonyl (C=O) groups excluding carboxylic acids is 1. The van der Waals surface area contributed by atoms with Crippen molar-refractivity contribution in [3.05, 3.63) is 46.8 Å². The molecule has 2 aromatic heterocycles. The zero-order valence-corrected chi connectivity index (χ0v) is 26.4. The molecule has 5 atom stereocenters. The fraction of sp³-hybridized carbons (Fsp3) is 0.593. The van der Waals surface area contributed by atoms with Gasteiger partial charge in [-0.05, 0) is 55.8 Å². The highest BCUT2D eigenvalue weighted by molar-refractivity contribution is 7.59. The number of benzene rings is 1. The highest BCUT2D eigenvalue weighted by Gasteiger charge is 2.42. The van der Waals surface area contributed by atoms with Gasteiger partial charge in [-0.3, -0.25) is 14.3 Å². The van der Waals surface area contributed by atoms with Gasteiger partial charge in [0.15, 0.2) is 5.82 Å². The first-order valence-electron chi connectivity index (χ1n) is 14.3. The van der Waals surface area contributed by atoms with Crippen molar-refractivity contribution in [2.45, 2.75) is 70.6 Å². The maximum atomic E-state index is 15.0. The number of ether oxygens (including phenoxy) is 3. The molecule has 0 bridgehead atoms. The number of hydrogen-bond donors (Lipinski definition) is 2. The van der Waals surface area contributed by atoms with E-state index in [2.05, 4.69) is 30.6 Å². The Morgan fingerprint density at radius 3 is 2.64 bits per heavy atom. The summed E-state index contributed by atoms with van der Waals surface area (Å²) in [5.74, 6) is -0.647. The molecule has 14 nitrogen and oxygen atoms in total. The van der Waals surface area contributed by atoms with Crippen LogP contribution in [0.2, 0.25) is 0 Å². The standard InChI is InChI=1S/C27H38F2N9O5P/c1-15(2)43-27(39)16(3)32-44(40,14-41-6)33-21-10-18(13-42-24(21)19-9-17(28)7-8-20(19)29)38-11-22-23(12-38)36(4)25(30-22)26-31-34-35-37(26)5/h7-9,15-16,18,21,24H,10-14H2,1-6H3,(H2,32,33,40)/t16?,18-,21+,24-,44?/m1/s1. The molecule has 2 unspecified atom stereocenters. The predicted molar refractivity (Wildman–Crippen MR) is 154 cm³/mol. The van der Waals surface area contributed by atoms with Gasteiger partial charge in [0.25, 0.3) is 0 Å². The van der Waals surface area contributed by atoms with Crippen LogP contribution in [0.1, 0.15) is 50.2 Å².